The molecule has 1 heterocycles. The summed E-state index contributed by atoms with van der Waals surface area (Å²) in [6, 6.07) is 8.67. The van der Waals surface area contributed by atoms with Gasteiger partial charge in [-0.3, -0.25) is 4.57 Å². The molecule has 0 fully saturated rings. The summed E-state index contributed by atoms with van der Waals surface area (Å²) >= 11 is 0. The standard InChI is InChI=1S/C16H17F3N2O3/c1-23-7-8-24-11-21-10-13(9-12-5-3-2-4-6-12)14(16(17,18)19)20-15(21)22/h2-6,10H,7-9,11H2,1H3. The molecule has 1 aromatic heterocycles. The lowest BCUT2D eigenvalue weighted by atomic mass is 10.0. The summed E-state index contributed by atoms with van der Waals surface area (Å²) in [5, 5.41) is 0. The van der Waals surface area contributed by atoms with Crippen molar-refractivity contribution in [1.82, 2.24) is 9.55 Å². The van der Waals surface area contributed by atoms with Crippen LogP contribution in [-0.4, -0.2) is 29.9 Å². The smallest absolute Gasteiger partial charge is 0.382 e. The van der Waals surface area contributed by atoms with Crippen LogP contribution in [-0.2, 0) is 28.8 Å². The second-order valence-corrected chi connectivity index (χ2v) is 5.06. The van der Waals surface area contributed by atoms with Crippen molar-refractivity contribution >= 4 is 0 Å². The third-order valence-corrected chi connectivity index (χ3v) is 3.24. The molecule has 8 heteroatoms. The molecule has 1 aromatic carbocycles. The maximum Gasteiger partial charge on any atom is 0.433 e. The van der Waals surface area contributed by atoms with Gasteiger partial charge in [-0.05, 0) is 5.56 Å². The van der Waals surface area contributed by atoms with Crippen molar-refractivity contribution in [2.75, 3.05) is 20.3 Å². The van der Waals surface area contributed by atoms with Crippen LogP contribution in [0, 0.1) is 0 Å². The van der Waals surface area contributed by atoms with Crippen LogP contribution < -0.4 is 5.69 Å². The molecule has 0 saturated carbocycles. The number of alkyl halides is 3. The zero-order chi connectivity index (χ0) is 17.6. The lowest BCUT2D eigenvalue weighted by Gasteiger charge is -2.14. The van der Waals surface area contributed by atoms with Crippen molar-refractivity contribution in [3.63, 3.8) is 0 Å². The molecule has 24 heavy (non-hydrogen) atoms. The topological polar surface area (TPSA) is 53.4 Å². The van der Waals surface area contributed by atoms with Gasteiger partial charge in [0.05, 0.1) is 13.2 Å². The Bertz CT molecular complexity index is 715. The predicted molar refractivity (Wildman–Crippen MR) is 80.6 cm³/mol. The van der Waals surface area contributed by atoms with E-state index in [9.17, 15) is 18.0 Å². The quantitative estimate of drug-likeness (QED) is 0.726. The van der Waals surface area contributed by atoms with E-state index in [1.54, 1.807) is 30.3 Å². The number of halogens is 3. The maximum atomic E-state index is 13.2. The van der Waals surface area contributed by atoms with Gasteiger partial charge in [0.2, 0.25) is 0 Å². The highest BCUT2D eigenvalue weighted by Crippen LogP contribution is 2.30. The molecule has 0 aliphatic rings. The zero-order valence-electron chi connectivity index (χ0n) is 13.0. The van der Waals surface area contributed by atoms with Crippen LogP contribution in [0.5, 0.6) is 0 Å². The fourth-order valence-corrected chi connectivity index (χ4v) is 2.12. The van der Waals surface area contributed by atoms with Gasteiger partial charge < -0.3 is 9.47 Å². The Kier molecular flexibility index (Phi) is 6.10. The molecule has 0 aliphatic heterocycles. The lowest BCUT2D eigenvalue weighted by Crippen LogP contribution is -2.29. The molecule has 0 amide bonds. The molecule has 0 saturated heterocycles. The van der Waals surface area contributed by atoms with Crippen molar-refractivity contribution < 1.29 is 22.6 Å². The average molecular weight is 342 g/mol. The van der Waals surface area contributed by atoms with E-state index < -0.39 is 17.6 Å². The minimum Gasteiger partial charge on any atom is -0.382 e. The highest BCUT2D eigenvalue weighted by Gasteiger charge is 2.36. The number of benzene rings is 1. The zero-order valence-corrected chi connectivity index (χ0v) is 13.0. The highest BCUT2D eigenvalue weighted by molar-refractivity contribution is 5.28. The van der Waals surface area contributed by atoms with Crippen molar-refractivity contribution in [3.8, 4) is 0 Å². The highest BCUT2D eigenvalue weighted by atomic mass is 19.4. The van der Waals surface area contributed by atoms with Gasteiger partial charge in [-0.1, -0.05) is 30.3 Å². The van der Waals surface area contributed by atoms with Crippen LogP contribution >= 0.6 is 0 Å². The number of methoxy groups -OCH3 is 1. The van der Waals surface area contributed by atoms with E-state index in [1.807, 2.05) is 0 Å². The molecule has 0 bridgehead atoms. The molecule has 0 radical (unpaired) electrons. The Labute approximate surface area is 136 Å². The Morgan fingerprint density at radius 1 is 1.17 bits per heavy atom. The van der Waals surface area contributed by atoms with Gasteiger partial charge in [0.15, 0.2) is 5.69 Å². The first-order valence-corrected chi connectivity index (χ1v) is 7.20. The number of hydrogen-bond donors (Lipinski definition) is 0. The number of ether oxygens (including phenoxy) is 2. The predicted octanol–water partition coefficient (Wildman–Crippen LogP) is 2.47. The normalized spacial score (nSPS) is 11.7. The summed E-state index contributed by atoms with van der Waals surface area (Å²) < 4.78 is 50.5. The third-order valence-electron chi connectivity index (χ3n) is 3.24. The summed E-state index contributed by atoms with van der Waals surface area (Å²) in [4.78, 5) is 15.0. The molecule has 2 aromatic rings. The Balaban J connectivity index is 2.32. The molecule has 2 rings (SSSR count). The fourth-order valence-electron chi connectivity index (χ4n) is 2.12. The Hall–Kier alpha value is -2.19. The van der Waals surface area contributed by atoms with E-state index in [4.69, 9.17) is 9.47 Å². The second-order valence-electron chi connectivity index (χ2n) is 5.06. The van der Waals surface area contributed by atoms with E-state index in [-0.39, 0.29) is 25.3 Å². The van der Waals surface area contributed by atoms with Crippen molar-refractivity contribution in [2.45, 2.75) is 19.3 Å². The largest absolute Gasteiger partial charge is 0.433 e. The van der Waals surface area contributed by atoms with E-state index in [1.165, 1.54) is 7.11 Å². The van der Waals surface area contributed by atoms with Crippen LogP contribution in [0.3, 0.4) is 0 Å². The molecule has 5 nitrogen and oxygen atoms in total. The molecule has 0 N–H and O–H groups in total. The second kappa shape index (κ2) is 8.07. The van der Waals surface area contributed by atoms with Crippen LogP contribution in [0.15, 0.2) is 41.3 Å². The first kappa shape index (κ1) is 18.2. The van der Waals surface area contributed by atoms with Gasteiger partial charge in [0, 0.05) is 25.3 Å². The van der Waals surface area contributed by atoms with E-state index in [0.29, 0.717) is 12.2 Å². The van der Waals surface area contributed by atoms with Crippen LogP contribution in [0.2, 0.25) is 0 Å². The van der Waals surface area contributed by atoms with Gasteiger partial charge in [-0.15, -0.1) is 0 Å². The van der Waals surface area contributed by atoms with Crippen LogP contribution in [0.1, 0.15) is 16.8 Å². The Morgan fingerprint density at radius 2 is 1.88 bits per heavy atom. The van der Waals surface area contributed by atoms with E-state index in [2.05, 4.69) is 4.98 Å². The van der Waals surface area contributed by atoms with E-state index >= 15 is 0 Å². The van der Waals surface area contributed by atoms with Crippen molar-refractivity contribution in [3.05, 3.63) is 63.8 Å². The molecule has 0 aliphatic carbocycles. The monoisotopic (exact) mass is 342 g/mol. The number of rotatable bonds is 7. The van der Waals surface area contributed by atoms with Crippen molar-refractivity contribution in [2.24, 2.45) is 0 Å². The Morgan fingerprint density at radius 3 is 2.50 bits per heavy atom. The van der Waals surface area contributed by atoms with E-state index in [0.717, 1.165) is 10.8 Å². The first-order chi connectivity index (χ1) is 11.4. The average Bonchev–Trinajstić information content (AvgIpc) is 2.54. The maximum absolute atomic E-state index is 13.2. The molecule has 0 spiro atoms. The molecular weight excluding hydrogens is 325 g/mol. The SMILES string of the molecule is COCCOCn1cc(Cc2ccccc2)c(C(F)(F)F)nc1=O. The van der Waals surface area contributed by atoms with Gasteiger partial charge in [0.25, 0.3) is 0 Å². The number of hydrogen-bond acceptors (Lipinski definition) is 4. The molecular formula is C16H17F3N2O3. The summed E-state index contributed by atoms with van der Waals surface area (Å²) in [5.41, 5.74) is -1.56. The minimum atomic E-state index is -4.70. The van der Waals surface area contributed by atoms with Gasteiger partial charge in [0.1, 0.15) is 6.73 Å². The van der Waals surface area contributed by atoms with Gasteiger partial charge in [-0.25, -0.2) is 4.79 Å². The van der Waals surface area contributed by atoms with Gasteiger partial charge >= 0.3 is 11.9 Å². The van der Waals surface area contributed by atoms with Gasteiger partial charge in [-0.2, -0.15) is 18.2 Å². The fraction of sp³-hybridized carbons (Fsp3) is 0.375. The molecule has 0 unspecified atom stereocenters. The molecule has 130 valence electrons. The number of nitrogens with zero attached hydrogens (tertiary/aromatic N) is 2. The lowest BCUT2D eigenvalue weighted by molar-refractivity contribution is -0.142. The van der Waals surface area contributed by atoms with Crippen molar-refractivity contribution in [1.29, 1.82) is 0 Å². The minimum absolute atomic E-state index is 0.0149. The summed E-state index contributed by atoms with van der Waals surface area (Å²) in [6.07, 6.45) is -3.53. The summed E-state index contributed by atoms with van der Waals surface area (Å²) in [6.45, 7) is 0.354. The first-order valence-electron chi connectivity index (χ1n) is 7.20. The van der Waals surface area contributed by atoms with Crippen LogP contribution in [0.4, 0.5) is 13.2 Å². The summed E-state index contributed by atoms with van der Waals surface area (Å²) in [5.74, 6) is 0. The molecule has 0 atom stereocenters. The van der Waals surface area contributed by atoms with Crippen LogP contribution in [0.25, 0.3) is 0 Å². The summed E-state index contributed by atoms with van der Waals surface area (Å²) in [7, 11) is 1.49. The number of aromatic nitrogens is 2. The third kappa shape index (κ3) is 4.90.